The maximum Gasteiger partial charge on any atom is 0.135 e. The Morgan fingerprint density at radius 2 is 1.69 bits per heavy atom. The van der Waals surface area contributed by atoms with Gasteiger partial charge in [0.25, 0.3) is 0 Å². The lowest BCUT2D eigenvalue weighted by atomic mass is 9.87. The van der Waals surface area contributed by atoms with Gasteiger partial charge in [-0.1, -0.05) is 47.5 Å². The Labute approximate surface area is 85.0 Å². The van der Waals surface area contributed by atoms with Gasteiger partial charge in [0.15, 0.2) is 0 Å². The molecule has 0 fully saturated rings. The predicted molar refractivity (Wildman–Crippen MR) is 60.1 cm³/mol. The van der Waals surface area contributed by atoms with Gasteiger partial charge in [0, 0.05) is 0 Å². The summed E-state index contributed by atoms with van der Waals surface area (Å²) in [7, 11) is 3.41. The molecule has 0 aliphatic rings. The smallest absolute Gasteiger partial charge is 0.135 e. The number of fused-ring (bicyclic) bond motifs is 1. The van der Waals surface area contributed by atoms with Gasteiger partial charge < -0.3 is 5.11 Å². The maximum atomic E-state index is 9.51. The quantitative estimate of drug-likeness (QED) is 0.655. The van der Waals surface area contributed by atoms with Crippen molar-refractivity contribution in [1.82, 2.24) is 0 Å². The molecule has 0 saturated heterocycles. The summed E-state index contributed by atoms with van der Waals surface area (Å²) in [6.45, 7) is 6.59. The van der Waals surface area contributed by atoms with Crippen LogP contribution in [0.1, 0.15) is 26.3 Å². The van der Waals surface area contributed by atoms with Gasteiger partial charge in [-0.15, -0.1) is 0 Å². The van der Waals surface area contributed by atoms with Gasteiger partial charge in [0.05, 0.1) is 9.40 Å². The fourth-order valence-corrected chi connectivity index (χ4v) is 3.71. The second-order valence-corrected chi connectivity index (χ2v) is 6.36. The van der Waals surface area contributed by atoms with E-state index in [9.17, 15) is 5.11 Å². The van der Waals surface area contributed by atoms with E-state index in [-0.39, 0.29) is 5.41 Å². The van der Waals surface area contributed by atoms with Gasteiger partial charge in [-0.2, -0.15) is 0 Å². The van der Waals surface area contributed by atoms with E-state index in [1.165, 1.54) is 10.3 Å². The first-order chi connectivity index (χ1) is 6.00. The minimum Gasteiger partial charge on any atom is -0.506 e. The van der Waals surface area contributed by atoms with Crippen molar-refractivity contribution in [2.45, 2.75) is 26.2 Å². The van der Waals surface area contributed by atoms with Crippen LogP contribution in [-0.2, 0) is 5.41 Å². The number of aromatic hydroxyl groups is 1. The van der Waals surface area contributed by atoms with Gasteiger partial charge in [-0.3, -0.25) is 0 Å². The van der Waals surface area contributed by atoms with Gasteiger partial charge in [0.2, 0.25) is 0 Å². The maximum absolute atomic E-state index is 9.51. The van der Waals surface area contributed by atoms with Crippen LogP contribution in [0.5, 0.6) is 5.75 Å². The molecule has 1 heterocycles. The topological polar surface area (TPSA) is 20.2 Å². The molecule has 70 valence electrons. The average molecular weight is 212 g/mol. The van der Waals surface area contributed by atoms with Crippen molar-refractivity contribution >= 4 is 30.1 Å². The molecule has 2 aromatic rings. The summed E-state index contributed by atoms with van der Waals surface area (Å²) in [6.07, 6.45) is 0. The largest absolute Gasteiger partial charge is 0.506 e. The molecule has 13 heavy (non-hydrogen) atoms. The van der Waals surface area contributed by atoms with E-state index < -0.39 is 0 Å². The molecule has 1 aromatic carbocycles. The molecule has 0 radical (unpaired) electrons. The molecule has 1 nitrogen and oxygen atoms in total. The van der Waals surface area contributed by atoms with Crippen LogP contribution in [0.3, 0.4) is 0 Å². The Morgan fingerprint density at radius 1 is 1.08 bits per heavy atom. The Bertz CT molecular complexity index is 431. The van der Waals surface area contributed by atoms with Crippen LogP contribution in [-0.4, -0.2) is 5.11 Å². The molecule has 3 heteroatoms. The highest BCUT2D eigenvalue weighted by Crippen LogP contribution is 2.44. The minimum atomic E-state index is 0.172. The van der Waals surface area contributed by atoms with Crippen molar-refractivity contribution in [3.63, 3.8) is 0 Å². The summed E-state index contributed by atoms with van der Waals surface area (Å²) in [5.41, 5.74) is 1.51. The standard InChI is InChI=1S/C10H12OS2/c1-10(2,3)6-4-5-7(11)9-8(6)12-13-9/h4-5,11H,1-3H3. The fourth-order valence-electron chi connectivity index (χ4n) is 1.36. The summed E-state index contributed by atoms with van der Waals surface area (Å²) < 4.78 is 2.31. The highest BCUT2D eigenvalue weighted by Gasteiger charge is 2.20. The SMILES string of the molecule is CC(C)(C)c1ccc(O)c2ssc12. The van der Waals surface area contributed by atoms with E-state index in [0.29, 0.717) is 5.75 Å². The first kappa shape index (κ1) is 9.03. The van der Waals surface area contributed by atoms with Gasteiger partial charge in [-0.25, -0.2) is 0 Å². The highest BCUT2D eigenvalue weighted by atomic mass is 32.9. The zero-order valence-electron chi connectivity index (χ0n) is 7.92. The molecular formula is C10H12OS2. The molecule has 0 amide bonds. The van der Waals surface area contributed by atoms with E-state index >= 15 is 0 Å². The molecule has 0 bridgehead atoms. The number of hydrogen-bond donors (Lipinski definition) is 1. The number of phenolic OH excluding ortho intramolecular Hbond substituents is 1. The Morgan fingerprint density at radius 3 is 2.15 bits per heavy atom. The molecule has 0 saturated carbocycles. The van der Waals surface area contributed by atoms with Crippen LogP contribution in [0.25, 0.3) is 9.40 Å². The van der Waals surface area contributed by atoms with Crippen molar-refractivity contribution in [1.29, 1.82) is 0 Å². The van der Waals surface area contributed by atoms with Crippen molar-refractivity contribution in [2.24, 2.45) is 0 Å². The number of phenols is 1. The van der Waals surface area contributed by atoms with E-state index in [0.717, 1.165) is 4.70 Å². The monoisotopic (exact) mass is 212 g/mol. The van der Waals surface area contributed by atoms with Crippen LogP contribution in [0.2, 0.25) is 0 Å². The van der Waals surface area contributed by atoms with E-state index in [4.69, 9.17) is 0 Å². The third-order valence-corrected chi connectivity index (χ3v) is 4.74. The summed E-state index contributed by atoms with van der Waals surface area (Å²) in [5, 5.41) is 9.51. The molecule has 2 rings (SSSR count). The Hall–Kier alpha value is -0.540. The Kier molecular flexibility index (Phi) is 1.89. The normalized spacial score (nSPS) is 12.5. The Balaban J connectivity index is 2.68. The molecule has 0 aliphatic heterocycles. The fraction of sp³-hybridized carbons (Fsp3) is 0.400. The second kappa shape index (κ2) is 2.72. The first-order valence-corrected chi connectivity index (χ1v) is 6.36. The van der Waals surface area contributed by atoms with Crippen molar-refractivity contribution in [3.05, 3.63) is 17.7 Å². The van der Waals surface area contributed by atoms with Crippen LogP contribution in [0.15, 0.2) is 12.1 Å². The van der Waals surface area contributed by atoms with Gasteiger partial charge in [-0.05, 0) is 17.0 Å². The van der Waals surface area contributed by atoms with E-state index in [1.54, 1.807) is 26.7 Å². The second-order valence-electron chi connectivity index (χ2n) is 4.21. The van der Waals surface area contributed by atoms with Crippen LogP contribution < -0.4 is 0 Å². The van der Waals surface area contributed by atoms with E-state index in [1.807, 2.05) is 6.07 Å². The summed E-state index contributed by atoms with van der Waals surface area (Å²) in [5.74, 6) is 0.423. The zero-order chi connectivity index (χ0) is 9.64. The lowest BCUT2D eigenvalue weighted by molar-refractivity contribution is 0.482. The molecule has 0 unspecified atom stereocenters. The van der Waals surface area contributed by atoms with Crippen LogP contribution in [0.4, 0.5) is 0 Å². The van der Waals surface area contributed by atoms with Crippen LogP contribution >= 0.6 is 20.7 Å². The minimum absolute atomic E-state index is 0.172. The molecule has 1 aromatic heterocycles. The van der Waals surface area contributed by atoms with Gasteiger partial charge in [0.1, 0.15) is 5.75 Å². The zero-order valence-corrected chi connectivity index (χ0v) is 9.55. The molecule has 0 aliphatic carbocycles. The first-order valence-electron chi connectivity index (χ1n) is 4.21. The lowest BCUT2D eigenvalue weighted by Gasteiger charge is -2.21. The summed E-state index contributed by atoms with van der Waals surface area (Å²) in [4.78, 5) is 0. The molecule has 0 atom stereocenters. The molecular weight excluding hydrogens is 200 g/mol. The van der Waals surface area contributed by atoms with Crippen LogP contribution in [0, 0.1) is 0 Å². The number of hydrogen-bond acceptors (Lipinski definition) is 3. The third-order valence-electron chi connectivity index (χ3n) is 2.11. The predicted octanol–water partition coefficient (Wildman–Crippen LogP) is 3.97. The number of benzene rings is 1. The molecule has 0 spiro atoms. The van der Waals surface area contributed by atoms with E-state index in [2.05, 4.69) is 20.8 Å². The highest BCUT2D eigenvalue weighted by molar-refractivity contribution is 7.78. The lowest BCUT2D eigenvalue weighted by Crippen LogP contribution is -2.11. The van der Waals surface area contributed by atoms with Gasteiger partial charge >= 0.3 is 0 Å². The average Bonchev–Trinajstić information content (AvgIpc) is 1.90. The summed E-state index contributed by atoms with van der Waals surface area (Å²) in [6, 6.07) is 3.83. The summed E-state index contributed by atoms with van der Waals surface area (Å²) >= 11 is 0. The third kappa shape index (κ3) is 1.36. The van der Waals surface area contributed by atoms with Crippen molar-refractivity contribution in [2.75, 3.05) is 0 Å². The van der Waals surface area contributed by atoms with Crippen molar-refractivity contribution < 1.29 is 5.11 Å². The number of rotatable bonds is 0. The van der Waals surface area contributed by atoms with Crippen molar-refractivity contribution in [3.8, 4) is 5.75 Å². The molecule has 1 N–H and O–H groups in total.